The average molecular weight is 345 g/mol. The summed E-state index contributed by atoms with van der Waals surface area (Å²) in [5.41, 5.74) is 4.21. The quantitative estimate of drug-likeness (QED) is 0.762. The summed E-state index contributed by atoms with van der Waals surface area (Å²) in [4.78, 5) is 4.55. The molecule has 2 aromatic carbocycles. The molecule has 0 aliphatic rings. The third-order valence-corrected chi connectivity index (χ3v) is 3.99. The Labute approximate surface area is 132 Å². The first-order valence-electron chi connectivity index (χ1n) is 6.94. The molecule has 0 bridgehead atoms. The fourth-order valence-electron chi connectivity index (χ4n) is 2.53. The van der Waals surface area contributed by atoms with Crippen LogP contribution in [0, 0.1) is 6.92 Å². The first-order valence-corrected chi connectivity index (χ1v) is 7.74. The molecule has 0 saturated carbocycles. The molecule has 0 spiro atoms. The smallest absolute Gasteiger partial charge is 0.197 e. The maximum absolute atomic E-state index is 5.82. The molecule has 0 aliphatic heterocycles. The molecule has 4 heteroatoms. The highest BCUT2D eigenvalue weighted by atomic mass is 79.9. The van der Waals surface area contributed by atoms with Gasteiger partial charge in [0.15, 0.2) is 11.5 Å². The standard InChI is InChI=1S/C17H17BrN2O/c1-11-7-12(9-13(18)8-11)15(19-2)10-17-20-14-5-3-4-6-16(14)21-17/h3-9,15,19H,10H2,1-2H3. The number of hydrogen-bond donors (Lipinski definition) is 1. The van der Waals surface area contributed by atoms with Crippen molar-refractivity contribution in [3.05, 3.63) is 64.0 Å². The minimum absolute atomic E-state index is 0.175. The molecule has 3 nitrogen and oxygen atoms in total. The number of hydrogen-bond acceptors (Lipinski definition) is 3. The van der Waals surface area contributed by atoms with E-state index in [0.29, 0.717) is 0 Å². The van der Waals surface area contributed by atoms with E-state index >= 15 is 0 Å². The fraction of sp³-hybridized carbons (Fsp3) is 0.235. The second kappa shape index (κ2) is 6.00. The van der Waals surface area contributed by atoms with E-state index < -0.39 is 0 Å². The Bertz CT molecular complexity index is 713. The Balaban J connectivity index is 1.89. The molecule has 21 heavy (non-hydrogen) atoms. The van der Waals surface area contributed by atoms with Gasteiger partial charge in [0.05, 0.1) is 0 Å². The molecule has 1 aromatic heterocycles. The monoisotopic (exact) mass is 344 g/mol. The van der Waals surface area contributed by atoms with Gasteiger partial charge in [0.25, 0.3) is 0 Å². The van der Waals surface area contributed by atoms with Crippen molar-refractivity contribution in [1.29, 1.82) is 0 Å². The van der Waals surface area contributed by atoms with Gasteiger partial charge in [-0.25, -0.2) is 4.98 Å². The summed E-state index contributed by atoms with van der Waals surface area (Å²) in [6.45, 7) is 2.10. The number of aryl methyl sites for hydroxylation is 1. The lowest BCUT2D eigenvalue weighted by molar-refractivity contribution is 0.473. The van der Waals surface area contributed by atoms with Gasteiger partial charge in [0, 0.05) is 16.9 Å². The molecular formula is C17H17BrN2O. The zero-order chi connectivity index (χ0) is 14.8. The summed E-state index contributed by atoms with van der Waals surface area (Å²) in [5, 5.41) is 3.34. The Morgan fingerprint density at radius 1 is 1.24 bits per heavy atom. The molecule has 1 unspecified atom stereocenters. The zero-order valence-electron chi connectivity index (χ0n) is 12.1. The van der Waals surface area contributed by atoms with Crippen LogP contribution in [0.25, 0.3) is 11.1 Å². The molecule has 3 rings (SSSR count). The first-order chi connectivity index (χ1) is 10.2. The third-order valence-electron chi connectivity index (χ3n) is 3.53. The number of para-hydroxylation sites is 2. The molecule has 3 aromatic rings. The lowest BCUT2D eigenvalue weighted by Gasteiger charge is -2.16. The number of oxazole rings is 1. The van der Waals surface area contributed by atoms with E-state index in [9.17, 15) is 0 Å². The van der Waals surface area contributed by atoms with Crippen molar-refractivity contribution in [3.8, 4) is 0 Å². The van der Waals surface area contributed by atoms with Crippen molar-refractivity contribution in [2.75, 3.05) is 7.05 Å². The van der Waals surface area contributed by atoms with Gasteiger partial charge in [-0.2, -0.15) is 0 Å². The van der Waals surface area contributed by atoms with Crippen LogP contribution in [-0.4, -0.2) is 12.0 Å². The number of nitrogens with zero attached hydrogens (tertiary/aromatic N) is 1. The van der Waals surface area contributed by atoms with Crippen LogP contribution in [0.4, 0.5) is 0 Å². The van der Waals surface area contributed by atoms with Gasteiger partial charge in [-0.1, -0.05) is 34.1 Å². The van der Waals surface area contributed by atoms with Crippen LogP contribution in [0.3, 0.4) is 0 Å². The van der Waals surface area contributed by atoms with Crippen LogP contribution in [0.2, 0.25) is 0 Å². The van der Waals surface area contributed by atoms with Gasteiger partial charge in [-0.3, -0.25) is 0 Å². The van der Waals surface area contributed by atoms with Gasteiger partial charge in [-0.15, -0.1) is 0 Å². The lowest BCUT2D eigenvalue weighted by atomic mass is 10.0. The number of likely N-dealkylation sites (N-methyl/N-ethyl adjacent to an activating group) is 1. The topological polar surface area (TPSA) is 38.1 Å². The van der Waals surface area contributed by atoms with Crippen molar-refractivity contribution in [3.63, 3.8) is 0 Å². The average Bonchev–Trinajstić information content (AvgIpc) is 2.86. The Morgan fingerprint density at radius 2 is 2.05 bits per heavy atom. The Hall–Kier alpha value is -1.65. The van der Waals surface area contributed by atoms with Crippen molar-refractivity contribution < 1.29 is 4.42 Å². The van der Waals surface area contributed by atoms with Crippen molar-refractivity contribution in [2.45, 2.75) is 19.4 Å². The van der Waals surface area contributed by atoms with Crippen LogP contribution in [0.5, 0.6) is 0 Å². The van der Waals surface area contributed by atoms with E-state index in [1.807, 2.05) is 31.3 Å². The molecule has 0 saturated heterocycles. The van der Waals surface area contributed by atoms with Crippen LogP contribution in [0.1, 0.15) is 23.1 Å². The predicted octanol–water partition coefficient (Wildman–Crippen LogP) is 4.40. The SMILES string of the molecule is CNC(Cc1nc2ccccc2o1)c1cc(C)cc(Br)c1. The van der Waals surface area contributed by atoms with Gasteiger partial charge < -0.3 is 9.73 Å². The minimum Gasteiger partial charge on any atom is -0.441 e. The Morgan fingerprint density at radius 3 is 2.76 bits per heavy atom. The number of rotatable bonds is 4. The maximum Gasteiger partial charge on any atom is 0.197 e. The Kier molecular flexibility index (Phi) is 4.08. The number of fused-ring (bicyclic) bond motifs is 1. The largest absolute Gasteiger partial charge is 0.441 e. The molecule has 1 heterocycles. The molecule has 108 valence electrons. The van der Waals surface area contributed by atoms with Crippen LogP contribution in [0.15, 0.2) is 51.4 Å². The summed E-state index contributed by atoms with van der Waals surface area (Å²) in [6, 6.07) is 14.5. The van der Waals surface area contributed by atoms with Gasteiger partial charge in [0.1, 0.15) is 5.52 Å². The molecule has 1 N–H and O–H groups in total. The number of halogens is 1. The van der Waals surface area contributed by atoms with Gasteiger partial charge >= 0.3 is 0 Å². The van der Waals surface area contributed by atoms with Gasteiger partial charge in [0.2, 0.25) is 0 Å². The highest BCUT2D eigenvalue weighted by molar-refractivity contribution is 9.10. The molecule has 0 amide bonds. The number of benzene rings is 2. The summed E-state index contributed by atoms with van der Waals surface area (Å²) in [5.74, 6) is 0.758. The normalized spacial score (nSPS) is 12.7. The second-order valence-corrected chi connectivity index (χ2v) is 6.10. The second-order valence-electron chi connectivity index (χ2n) is 5.18. The first kappa shape index (κ1) is 14.3. The van der Waals surface area contributed by atoms with Crippen LogP contribution < -0.4 is 5.32 Å². The minimum atomic E-state index is 0.175. The van der Waals surface area contributed by atoms with E-state index in [0.717, 1.165) is 27.9 Å². The summed E-state index contributed by atoms with van der Waals surface area (Å²) in [6.07, 6.45) is 0.723. The van der Waals surface area contributed by atoms with Crippen molar-refractivity contribution in [2.24, 2.45) is 0 Å². The third kappa shape index (κ3) is 3.17. The number of nitrogens with one attached hydrogen (secondary N) is 1. The highest BCUT2D eigenvalue weighted by Gasteiger charge is 2.15. The van der Waals surface area contributed by atoms with Crippen molar-refractivity contribution >= 4 is 27.0 Å². The van der Waals surface area contributed by atoms with Crippen LogP contribution >= 0.6 is 15.9 Å². The molecule has 1 atom stereocenters. The zero-order valence-corrected chi connectivity index (χ0v) is 13.6. The molecule has 0 aliphatic carbocycles. The van der Waals surface area contributed by atoms with Gasteiger partial charge in [-0.05, 0) is 49.4 Å². The van der Waals surface area contributed by atoms with E-state index in [4.69, 9.17) is 4.42 Å². The summed E-state index contributed by atoms with van der Waals surface area (Å²) < 4.78 is 6.91. The molecule has 0 radical (unpaired) electrons. The van der Waals surface area contributed by atoms with E-state index in [-0.39, 0.29) is 6.04 Å². The highest BCUT2D eigenvalue weighted by Crippen LogP contribution is 2.24. The summed E-state index contributed by atoms with van der Waals surface area (Å²) >= 11 is 3.56. The van der Waals surface area contributed by atoms with E-state index in [1.54, 1.807) is 0 Å². The lowest BCUT2D eigenvalue weighted by Crippen LogP contribution is -2.19. The predicted molar refractivity (Wildman–Crippen MR) is 88.4 cm³/mol. The maximum atomic E-state index is 5.82. The van der Waals surface area contributed by atoms with Crippen LogP contribution in [-0.2, 0) is 6.42 Å². The van der Waals surface area contributed by atoms with Crippen molar-refractivity contribution in [1.82, 2.24) is 10.3 Å². The number of aromatic nitrogens is 1. The molecule has 0 fully saturated rings. The fourth-order valence-corrected chi connectivity index (χ4v) is 3.16. The van der Waals surface area contributed by atoms with E-state index in [1.165, 1.54) is 11.1 Å². The summed E-state index contributed by atoms with van der Waals surface area (Å²) in [7, 11) is 1.96. The van der Waals surface area contributed by atoms with E-state index in [2.05, 4.69) is 51.4 Å². The molecular weight excluding hydrogens is 328 g/mol.